The summed E-state index contributed by atoms with van der Waals surface area (Å²) in [6.45, 7) is 9.35. The summed E-state index contributed by atoms with van der Waals surface area (Å²) in [5.74, 6) is 2.16. The first-order valence-corrected chi connectivity index (χ1v) is 13.1. The highest BCUT2D eigenvalue weighted by atomic mass is 19.4. The minimum Gasteiger partial charge on any atom is -0.326 e. The van der Waals surface area contributed by atoms with Crippen LogP contribution in [0.1, 0.15) is 64.4 Å². The Morgan fingerprint density at radius 2 is 1.77 bits per heavy atom. The van der Waals surface area contributed by atoms with Crippen molar-refractivity contribution in [1.29, 1.82) is 0 Å². The van der Waals surface area contributed by atoms with E-state index in [9.17, 15) is 18.0 Å². The lowest BCUT2D eigenvalue weighted by molar-refractivity contribution is -0.137. The number of anilines is 1. The third kappa shape index (κ3) is 3.33. The molecule has 186 valence electrons. The van der Waals surface area contributed by atoms with Crippen molar-refractivity contribution in [3.8, 4) is 0 Å². The van der Waals surface area contributed by atoms with Crippen molar-refractivity contribution in [3.63, 3.8) is 0 Å². The summed E-state index contributed by atoms with van der Waals surface area (Å²) in [6, 6.07) is 4.79. The van der Waals surface area contributed by atoms with Crippen LogP contribution in [-0.2, 0) is 11.0 Å². The van der Waals surface area contributed by atoms with Crippen molar-refractivity contribution in [2.75, 3.05) is 5.32 Å². The number of rotatable bonds is 2. The fourth-order valence-corrected chi connectivity index (χ4v) is 8.89. The molecule has 1 N–H and O–H groups in total. The molecule has 3 saturated carbocycles. The van der Waals surface area contributed by atoms with Crippen LogP contribution in [-0.4, -0.2) is 5.91 Å². The van der Waals surface area contributed by atoms with E-state index < -0.39 is 11.7 Å². The van der Waals surface area contributed by atoms with Gasteiger partial charge in [-0.25, -0.2) is 0 Å². The second-order valence-electron chi connectivity index (χ2n) is 12.2. The molecule has 0 bridgehead atoms. The molecule has 5 aliphatic rings. The topological polar surface area (TPSA) is 29.1 Å². The second kappa shape index (κ2) is 7.60. The summed E-state index contributed by atoms with van der Waals surface area (Å²) in [6.07, 6.45) is 7.84. The SMILES string of the molecule is C=C1CC2C(CC[C@@]3(C)C2CC[C@@H]3C(=O)Nc2ccc(C(F)(F)F)cc2)[C@@]2(C)CCC3C=CC3=C12. The third-order valence-corrected chi connectivity index (χ3v) is 10.6. The molecular formula is C30H34F3NO. The number of halogens is 3. The highest BCUT2D eigenvalue weighted by molar-refractivity contribution is 5.93. The first-order valence-electron chi connectivity index (χ1n) is 13.1. The van der Waals surface area contributed by atoms with Crippen molar-refractivity contribution in [2.24, 2.45) is 40.4 Å². The van der Waals surface area contributed by atoms with Crippen LogP contribution in [0, 0.1) is 40.4 Å². The minimum atomic E-state index is -4.38. The monoisotopic (exact) mass is 481 g/mol. The van der Waals surface area contributed by atoms with Crippen molar-refractivity contribution in [3.05, 3.63) is 65.3 Å². The Balaban J connectivity index is 1.22. The van der Waals surface area contributed by atoms with Gasteiger partial charge >= 0.3 is 6.18 Å². The minimum absolute atomic E-state index is 0.0445. The molecule has 6 rings (SSSR count). The van der Waals surface area contributed by atoms with E-state index in [2.05, 4.69) is 37.9 Å². The van der Waals surface area contributed by atoms with Gasteiger partial charge in [-0.15, -0.1) is 0 Å². The summed E-state index contributed by atoms with van der Waals surface area (Å²) in [4.78, 5) is 13.4. The molecule has 0 spiro atoms. The van der Waals surface area contributed by atoms with Gasteiger partial charge in [-0.05, 0) is 109 Å². The van der Waals surface area contributed by atoms with Gasteiger partial charge in [0.15, 0.2) is 0 Å². The number of carbonyl (C=O) groups is 1. The van der Waals surface area contributed by atoms with Crippen molar-refractivity contribution in [2.45, 2.75) is 65.0 Å². The summed E-state index contributed by atoms with van der Waals surface area (Å²) in [5, 5.41) is 2.93. The van der Waals surface area contributed by atoms with Crippen LogP contribution in [0.3, 0.4) is 0 Å². The number of alkyl halides is 3. The highest BCUT2D eigenvalue weighted by Crippen LogP contribution is 2.69. The molecule has 0 saturated heterocycles. The van der Waals surface area contributed by atoms with E-state index in [4.69, 9.17) is 0 Å². The second-order valence-corrected chi connectivity index (χ2v) is 12.2. The molecular weight excluding hydrogens is 447 g/mol. The Bertz CT molecular complexity index is 1150. The standard InChI is InChI=1S/C30H34F3NO/c1-17-16-22-23-10-11-25(27(35)34-20-7-5-19(6-8-20)30(31,32)33)28(23,2)15-13-24(22)29(3)14-12-18-4-9-21(18)26(17)29/h4-9,18,22-25H,1,10-16H2,2-3H3,(H,34,35)/t18?,22?,23?,24?,25-,28+,29-/m1/s1. The molecule has 7 atom stereocenters. The smallest absolute Gasteiger partial charge is 0.326 e. The Morgan fingerprint density at radius 1 is 1.03 bits per heavy atom. The number of benzene rings is 1. The highest BCUT2D eigenvalue weighted by Gasteiger charge is 2.61. The van der Waals surface area contributed by atoms with E-state index in [0.717, 1.165) is 44.2 Å². The fourth-order valence-electron chi connectivity index (χ4n) is 8.89. The van der Waals surface area contributed by atoms with Gasteiger partial charge in [0.25, 0.3) is 0 Å². The zero-order valence-corrected chi connectivity index (χ0v) is 20.5. The lowest BCUT2D eigenvalue weighted by Gasteiger charge is -2.60. The van der Waals surface area contributed by atoms with Gasteiger partial charge in [-0.3, -0.25) is 4.79 Å². The molecule has 1 aromatic carbocycles. The van der Waals surface area contributed by atoms with Gasteiger partial charge in [0.2, 0.25) is 5.91 Å². The fraction of sp³-hybridized carbons (Fsp3) is 0.567. The Kier molecular flexibility index (Phi) is 5.02. The van der Waals surface area contributed by atoms with E-state index in [1.165, 1.54) is 36.1 Å². The number of amides is 1. The van der Waals surface area contributed by atoms with Gasteiger partial charge < -0.3 is 5.32 Å². The van der Waals surface area contributed by atoms with E-state index >= 15 is 0 Å². The maximum Gasteiger partial charge on any atom is 0.416 e. The van der Waals surface area contributed by atoms with Crippen molar-refractivity contribution >= 4 is 11.6 Å². The number of allylic oxidation sites excluding steroid dienone is 5. The summed E-state index contributed by atoms with van der Waals surface area (Å²) in [5.41, 5.74) is 4.26. The van der Waals surface area contributed by atoms with Gasteiger partial charge in [-0.1, -0.05) is 38.2 Å². The van der Waals surface area contributed by atoms with Gasteiger partial charge in [-0.2, -0.15) is 13.2 Å². The van der Waals surface area contributed by atoms with Crippen LogP contribution in [0.4, 0.5) is 18.9 Å². The van der Waals surface area contributed by atoms with Gasteiger partial charge in [0, 0.05) is 17.5 Å². The summed E-state index contributed by atoms with van der Waals surface area (Å²) >= 11 is 0. The molecule has 3 fully saturated rings. The van der Waals surface area contributed by atoms with Crippen LogP contribution in [0.25, 0.3) is 0 Å². The predicted molar refractivity (Wildman–Crippen MR) is 131 cm³/mol. The zero-order valence-electron chi connectivity index (χ0n) is 20.5. The number of hydrogen-bond donors (Lipinski definition) is 1. The largest absolute Gasteiger partial charge is 0.416 e. The third-order valence-electron chi connectivity index (χ3n) is 10.6. The van der Waals surface area contributed by atoms with E-state index in [-0.39, 0.29) is 22.7 Å². The summed E-state index contributed by atoms with van der Waals surface area (Å²) < 4.78 is 38.7. The molecule has 35 heavy (non-hydrogen) atoms. The number of fused-ring (bicyclic) bond motifs is 6. The Morgan fingerprint density at radius 3 is 2.43 bits per heavy atom. The quantitative estimate of drug-likeness (QED) is 0.456. The van der Waals surface area contributed by atoms with Crippen molar-refractivity contribution < 1.29 is 18.0 Å². The van der Waals surface area contributed by atoms with E-state index in [1.54, 1.807) is 5.57 Å². The van der Waals surface area contributed by atoms with E-state index in [0.29, 0.717) is 29.4 Å². The van der Waals surface area contributed by atoms with Gasteiger partial charge in [0.05, 0.1) is 5.56 Å². The average molecular weight is 482 g/mol. The number of nitrogens with one attached hydrogen (secondary N) is 1. The maximum atomic E-state index is 13.4. The summed E-state index contributed by atoms with van der Waals surface area (Å²) in [7, 11) is 0. The normalized spacial score (nSPS) is 39.8. The lowest BCUT2D eigenvalue weighted by atomic mass is 9.44. The van der Waals surface area contributed by atoms with Crippen LogP contribution in [0.2, 0.25) is 0 Å². The zero-order chi connectivity index (χ0) is 24.8. The maximum absolute atomic E-state index is 13.4. The van der Waals surface area contributed by atoms with Crippen LogP contribution in [0.15, 0.2) is 59.7 Å². The van der Waals surface area contributed by atoms with Crippen LogP contribution < -0.4 is 5.32 Å². The number of hydrogen-bond acceptors (Lipinski definition) is 1. The number of carbonyl (C=O) groups excluding carboxylic acids is 1. The average Bonchev–Trinajstić information content (AvgIpc) is 3.12. The lowest BCUT2D eigenvalue weighted by Crippen LogP contribution is -2.52. The Labute approximate surface area is 205 Å². The molecule has 2 nitrogen and oxygen atoms in total. The molecule has 5 heteroatoms. The van der Waals surface area contributed by atoms with Gasteiger partial charge in [0.1, 0.15) is 0 Å². The molecule has 0 radical (unpaired) electrons. The first kappa shape index (κ1) is 23.1. The predicted octanol–water partition coefficient (Wildman–Crippen LogP) is 7.95. The van der Waals surface area contributed by atoms with Crippen LogP contribution in [0.5, 0.6) is 0 Å². The first-order chi connectivity index (χ1) is 16.5. The molecule has 0 aromatic heterocycles. The molecule has 1 aromatic rings. The Hall–Kier alpha value is -2.30. The molecule has 1 amide bonds. The molecule has 5 aliphatic carbocycles. The molecule has 0 aliphatic heterocycles. The van der Waals surface area contributed by atoms with Crippen LogP contribution >= 0.6 is 0 Å². The molecule has 0 heterocycles. The van der Waals surface area contributed by atoms with Crippen molar-refractivity contribution in [1.82, 2.24) is 0 Å². The van der Waals surface area contributed by atoms with E-state index in [1.807, 2.05) is 0 Å². The molecule has 4 unspecified atom stereocenters.